The molecule has 220 valence electrons. The summed E-state index contributed by atoms with van der Waals surface area (Å²) in [6.45, 7) is 2.19. The molecule has 3 N–H and O–H groups in total. The second kappa shape index (κ2) is 22.0. The van der Waals surface area contributed by atoms with E-state index in [2.05, 4.69) is 17.6 Å². The maximum atomic E-state index is 12.0. The van der Waals surface area contributed by atoms with Gasteiger partial charge in [-0.15, -0.1) is 0 Å². The van der Waals surface area contributed by atoms with Crippen LogP contribution in [-0.2, 0) is 15.3 Å². The van der Waals surface area contributed by atoms with Crippen LogP contribution >= 0.6 is 11.8 Å². The number of nitrogens with one attached hydrogen (secondary N) is 2. The van der Waals surface area contributed by atoms with Crippen molar-refractivity contribution in [3.63, 3.8) is 0 Å². The van der Waals surface area contributed by atoms with Gasteiger partial charge in [0.15, 0.2) is 0 Å². The van der Waals surface area contributed by atoms with Gasteiger partial charge in [0.05, 0.1) is 6.42 Å². The van der Waals surface area contributed by atoms with Crippen LogP contribution in [0.3, 0.4) is 0 Å². The van der Waals surface area contributed by atoms with Crippen LogP contribution in [0.15, 0.2) is 42.5 Å². The smallest absolute Gasteiger partial charge is 0.305 e. The Hall–Kier alpha value is -1.79. The summed E-state index contributed by atoms with van der Waals surface area (Å²) in [7, 11) is 0. The van der Waals surface area contributed by atoms with E-state index in [9.17, 15) is 9.59 Å². The lowest BCUT2D eigenvalue weighted by Crippen LogP contribution is -2.40. The predicted octanol–water partition coefficient (Wildman–Crippen LogP) is 8.04. The molecule has 2 aliphatic carbocycles. The third-order valence-corrected chi connectivity index (χ3v) is 8.77. The zero-order valence-corrected chi connectivity index (χ0v) is 25.2. The Morgan fingerprint density at radius 3 is 2.15 bits per heavy atom. The second-order valence-electron chi connectivity index (χ2n) is 11.2. The molecule has 39 heavy (non-hydrogen) atoms. The molecular weight excluding hydrogens is 504 g/mol. The number of hydrogen-bond donors (Lipinski definition) is 3. The maximum absolute atomic E-state index is 12.0. The molecule has 2 aliphatic rings. The summed E-state index contributed by atoms with van der Waals surface area (Å²) < 4.78 is 0. The molecule has 0 bridgehead atoms. The largest absolute Gasteiger partial charge is 0.481 e. The summed E-state index contributed by atoms with van der Waals surface area (Å²) in [6.07, 6.45) is 24.6. The van der Waals surface area contributed by atoms with Gasteiger partial charge in [-0.1, -0.05) is 107 Å². The first-order valence-corrected chi connectivity index (χ1v) is 16.8. The standard InChI is InChI=1S/C21H31NO3S.C12H23N/c1-2-3-4-5-6-7-11-14-20(23)22-19(15-21(24)25)17-26-16-18-12-9-8-10-13-18;1-3-7-11(8-4-1)13-12-9-5-2-6-10-12/h7-13,19H,2-6,14-17H2,1H3,(H,22,23)(H,24,25);11-13H,1-10H2/t19-;/m0./s1. The Balaban J connectivity index is 0.000000338. The van der Waals surface area contributed by atoms with Crippen molar-refractivity contribution >= 4 is 23.6 Å². The van der Waals surface area contributed by atoms with Crippen molar-refractivity contribution in [3.8, 4) is 0 Å². The second-order valence-corrected chi connectivity index (χ2v) is 12.3. The lowest BCUT2D eigenvalue weighted by Gasteiger charge is -2.30. The zero-order chi connectivity index (χ0) is 28.0. The van der Waals surface area contributed by atoms with Crippen molar-refractivity contribution in [1.82, 2.24) is 10.6 Å². The number of carboxylic acid groups (broad SMARTS) is 1. The quantitative estimate of drug-likeness (QED) is 0.141. The summed E-state index contributed by atoms with van der Waals surface area (Å²) in [4.78, 5) is 23.1. The lowest BCUT2D eigenvalue weighted by atomic mass is 9.91. The monoisotopic (exact) mass is 558 g/mol. The minimum Gasteiger partial charge on any atom is -0.481 e. The molecule has 5 nitrogen and oxygen atoms in total. The van der Waals surface area contributed by atoms with Crippen molar-refractivity contribution in [2.75, 3.05) is 5.75 Å². The number of rotatable bonds is 16. The normalized spacial score (nSPS) is 17.4. The van der Waals surface area contributed by atoms with Crippen LogP contribution in [0.1, 0.15) is 122 Å². The molecule has 2 saturated carbocycles. The van der Waals surface area contributed by atoms with Gasteiger partial charge in [0.2, 0.25) is 5.91 Å². The number of carboxylic acids is 1. The van der Waals surface area contributed by atoms with Gasteiger partial charge in [0.25, 0.3) is 0 Å². The fourth-order valence-electron chi connectivity index (χ4n) is 5.41. The molecule has 0 heterocycles. The molecule has 6 heteroatoms. The van der Waals surface area contributed by atoms with E-state index in [0.717, 1.165) is 30.7 Å². The van der Waals surface area contributed by atoms with Crippen LogP contribution in [0.2, 0.25) is 0 Å². The predicted molar refractivity (Wildman–Crippen MR) is 166 cm³/mol. The number of allylic oxidation sites excluding steroid dienone is 1. The van der Waals surface area contributed by atoms with Gasteiger partial charge in [-0.25, -0.2) is 0 Å². The van der Waals surface area contributed by atoms with Crippen LogP contribution in [0.25, 0.3) is 0 Å². The van der Waals surface area contributed by atoms with Gasteiger partial charge in [0.1, 0.15) is 0 Å². The highest BCUT2D eigenvalue weighted by Gasteiger charge is 2.19. The molecule has 0 aliphatic heterocycles. The van der Waals surface area contributed by atoms with E-state index < -0.39 is 5.97 Å². The number of carbonyl (C=O) groups excluding carboxylic acids is 1. The lowest BCUT2D eigenvalue weighted by molar-refractivity contribution is -0.137. The maximum Gasteiger partial charge on any atom is 0.305 e. The van der Waals surface area contributed by atoms with Crippen molar-refractivity contribution in [2.24, 2.45) is 0 Å². The van der Waals surface area contributed by atoms with Crippen molar-refractivity contribution in [1.29, 1.82) is 0 Å². The molecule has 0 unspecified atom stereocenters. The van der Waals surface area contributed by atoms with E-state index in [4.69, 9.17) is 5.11 Å². The van der Waals surface area contributed by atoms with E-state index in [0.29, 0.717) is 12.2 Å². The molecular formula is C33H54N2O3S. The molecule has 1 amide bonds. The number of hydrogen-bond acceptors (Lipinski definition) is 4. The molecule has 0 aromatic heterocycles. The molecule has 1 atom stereocenters. The number of amides is 1. The van der Waals surface area contributed by atoms with Gasteiger partial charge in [-0.2, -0.15) is 11.8 Å². The zero-order valence-electron chi connectivity index (χ0n) is 24.4. The first-order chi connectivity index (χ1) is 19.1. The number of thioether (sulfide) groups is 1. The Bertz CT molecular complexity index is 773. The Labute approximate surface area is 242 Å². The fraction of sp³-hybridized carbons (Fsp3) is 0.697. The van der Waals surface area contributed by atoms with Crippen molar-refractivity contribution in [2.45, 2.75) is 140 Å². The average Bonchev–Trinajstić information content (AvgIpc) is 2.94. The van der Waals surface area contributed by atoms with E-state index in [1.807, 2.05) is 42.5 Å². The molecule has 0 saturated heterocycles. The average molecular weight is 559 g/mol. The van der Waals surface area contributed by atoms with Gasteiger partial charge < -0.3 is 15.7 Å². The SMILES string of the molecule is C1CCC(NC2CCCCC2)CC1.CCCCCCC=CCC(=O)N[C@H](CSCc1ccccc1)CC(=O)O. The minimum atomic E-state index is -0.887. The summed E-state index contributed by atoms with van der Waals surface area (Å²) in [5.41, 5.74) is 1.20. The summed E-state index contributed by atoms with van der Waals surface area (Å²) in [5.74, 6) is 0.404. The van der Waals surface area contributed by atoms with Gasteiger partial charge in [-0.05, 0) is 44.1 Å². The Morgan fingerprint density at radius 2 is 1.56 bits per heavy atom. The van der Waals surface area contributed by atoms with Crippen LogP contribution in [0.4, 0.5) is 0 Å². The summed E-state index contributed by atoms with van der Waals surface area (Å²) >= 11 is 1.64. The fourth-order valence-corrected chi connectivity index (χ4v) is 6.44. The van der Waals surface area contributed by atoms with Gasteiger partial charge >= 0.3 is 5.97 Å². The Morgan fingerprint density at radius 1 is 0.923 bits per heavy atom. The molecule has 0 radical (unpaired) electrons. The summed E-state index contributed by atoms with van der Waals surface area (Å²) in [5, 5.41) is 15.8. The van der Waals surface area contributed by atoms with E-state index in [-0.39, 0.29) is 18.4 Å². The molecule has 3 rings (SSSR count). The van der Waals surface area contributed by atoms with Crippen LogP contribution in [-0.4, -0.2) is 40.9 Å². The molecule has 1 aromatic carbocycles. The first kappa shape index (κ1) is 33.4. The number of unbranched alkanes of at least 4 members (excludes halogenated alkanes) is 4. The van der Waals surface area contributed by atoms with Crippen LogP contribution < -0.4 is 10.6 Å². The number of carbonyl (C=O) groups is 2. The molecule has 0 spiro atoms. The summed E-state index contributed by atoms with van der Waals surface area (Å²) in [6, 6.07) is 11.4. The third kappa shape index (κ3) is 17.5. The van der Waals surface area contributed by atoms with Crippen LogP contribution in [0, 0.1) is 0 Å². The van der Waals surface area contributed by atoms with Gasteiger partial charge in [-0.3, -0.25) is 9.59 Å². The molecule has 1 aromatic rings. The minimum absolute atomic E-state index is 0.0474. The van der Waals surface area contributed by atoms with E-state index >= 15 is 0 Å². The van der Waals surface area contributed by atoms with Crippen molar-refractivity contribution in [3.05, 3.63) is 48.0 Å². The van der Waals surface area contributed by atoms with Crippen LogP contribution in [0.5, 0.6) is 0 Å². The molecule has 2 fully saturated rings. The number of benzene rings is 1. The van der Waals surface area contributed by atoms with Gasteiger partial charge in [0, 0.05) is 36.1 Å². The number of aliphatic carboxylic acids is 1. The first-order valence-electron chi connectivity index (χ1n) is 15.6. The topological polar surface area (TPSA) is 78.4 Å². The van der Waals surface area contributed by atoms with E-state index in [1.165, 1.54) is 89.0 Å². The third-order valence-electron chi connectivity index (χ3n) is 7.59. The highest BCUT2D eigenvalue weighted by Crippen LogP contribution is 2.22. The van der Waals surface area contributed by atoms with Crippen molar-refractivity contribution < 1.29 is 14.7 Å². The Kier molecular flexibility index (Phi) is 18.8. The highest BCUT2D eigenvalue weighted by atomic mass is 32.2. The van der Waals surface area contributed by atoms with E-state index in [1.54, 1.807) is 11.8 Å². The highest BCUT2D eigenvalue weighted by molar-refractivity contribution is 7.98.